The molecule has 0 bridgehead atoms. The van der Waals surface area contributed by atoms with Crippen molar-refractivity contribution in [3.63, 3.8) is 0 Å². The van der Waals surface area contributed by atoms with Gasteiger partial charge in [-0.15, -0.1) is 0 Å². The van der Waals surface area contributed by atoms with Gasteiger partial charge in [0.1, 0.15) is 6.23 Å². The van der Waals surface area contributed by atoms with Gasteiger partial charge in [-0.05, 0) is 25.3 Å². The van der Waals surface area contributed by atoms with Crippen LogP contribution in [-0.2, 0) is 19.1 Å². The fourth-order valence-electron chi connectivity index (χ4n) is 2.23. The second-order valence-corrected chi connectivity index (χ2v) is 4.28. The van der Waals surface area contributed by atoms with E-state index in [0.717, 1.165) is 19.3 Å². The van der Waals surface area contributed by atoms with Crippen LogP contribution in [0.1, 0.15) is 25.7 Å². The number of fused-ring (bicyclic) bond motifs is 1. The maximum Gasteiger partial charge on any atom is 0.330 e. The van der Waals surface area contributed by atoms with Gasteiger partial charge in [0.05, 0.1) is 13.2 Å². The van der Waals surface area contributed by atoms with Gasteiger partial charge in [0.2, 0.25) is 5.91 Å². The van der Waals surface area contributed by atoms with E-state index >= 15 is 0 Å². The van der Waals surface area contributed by atoms with Gasteiger partial charge >= 0.3 is 5.97 Å². The Morgan fingerprint density at radius 1 is 1.53 bits per heavy atom. The first kappa shape index (κ1) is 12.1. The van der Waals surface area contributed by atoms with E-state index in [1.54, 1.807) is 11.0 Å². The van der Waals surface area contributed by atoms with Crippen molar-refractivity contribution in [1.29, 1.82) is 0 Å². The number of piperidine rings is 1. The third kappa shape index (κ3) is 2.85. The minimum absolute atomic E-state index is 0.0961. The standard InChI is InChI=1S/C12H17NO4/c1-16-12(15)6-5-9-7-8-13-10(14)3-2-4-11(13)17-9/h5-6,9,11H,2-4,7-8H2,1H3/b6-5+/t9-,11-/m0/s1. The van der Waals surface area contributed by atoms with Crippen LogP contribution < -0.4 is 0 Å². The van der Waals surface area contributed by atoms with Crippen LogP contribution >= 0.6 is 0 Å². The Labute approximate surface area is 100 Å². The number of hydrogen-bond acceptors (Lipinski definition) is 4. The van der Waals surface area contributed by atoms with Crippen LogP contribution in [0.25, 0.3) is 0 Å². The summed E-state index contributed by atoms with van der Waals surface area (Å²) in [7, 11) is 1.34. The summed E-state index contributed by atoms with van der Waals surface area (Å²) >= 11 is 0. The minimum Gasteiger partial charge on any atom is -0.466 e. The number of ether oxygens (including phenoxy) is 2. The van der Waals surface area contributed by atoms with Gasteiger partial charge in [-0.3, -0.25) is 4.79 Å². The van der Waals surface area contributed by atoms with Crippen molar-refractivity contribution in [3.05, 3.63) is 12.2 Å². The van der Waals surface area contributed by atoms with Gasteiger partial charge in [-0.25, -0.2) is 4.79 Å². The van der Waals surface area contributed by atoms with Crippen LogP contribution in [0, 0.1) is 0 Å². The number of hydrogen-bond donors (Lipinski definition) is 0. The molecular weight excluding hydrogens is 222 g/mol. The van der Waals surface area contributed by atoms with Gasteiger partial charge in [0.15, 0.2) is 0 Å². The molecule has 0 aliphatic carbocycles. The van der Waals surface area contributed by atoms with E-state index < -0.39 is 0 Å². The smallest absolute Gasteiger partial charge is 0.330 e. The van der Waals surface area contributed by atoms with E-state index in [-0.39, 0.29) is 24.2 Å². The van der Waals surface area contributed by atoms with Crippen molar-refractivity contribution in [2.24, 2.45) is 0 Å². The summed E-state index contributed by atoms with van der Waals surface area (Å²) in [5.41, 5.74) is 0. The molecule has 0 saturated carbocycles. The zero-order valence-corrected chi connectivity index (χ0v) is 9.93. The average Bonchev–Trinajstić information content (AvgIpc) is 2.36. The van der Waals surface area contributed by atoms with Gasteiger partial charge in [-0.1, -0.05) is 0 Å². The molecule has 2 rings (SSSR count). The Hall–Kier alpha value is -1.36. The Bertz CT molecular complexity index is 339. The maximum absolute atomic E-state index is 11.6. The summed E-state index contributed by atoms with van der Waals surface area (Å²) in [6.07, 6.45) is 6.01. The molecule has 0 aromatic heterocycles. The summed E-state index contributed by atoms with van der Waals surface area (Å²) in [4.78, 5) is 24.4. The van der Waals surface area contributed by atoms with E-state index in [1.165, 1.54) is 13.2 Å². The summed E-state index contributed by atoms with van der Waals surface area (Å²) in [6.45, 7) is 0.708. The van der Waals surface area contributed by atoms with Gasteiger partial charge < -0.3 is 14.4 Å². The Balaban J connectivity index is 1.91. The molecule has 2 aliphatic rings. The topological polar surface area (TPSA) is 55.8 Å². The lowest BCUT2D eigenvalue weighted by Crippen LogP contribution is -2.51. The number of nitrogens with zero attached hydrogens (tertiary/aromatic N) is 1. The largest absolute Gasteiger partial charge is 0.466 e. The third-order valence-electron chi connectivity index (χ3n) is 3.14. The lowest BCUT2D eigenvalue weighted by atomic mass is 10.0. The van der Waals surface area contributed by atoms with Crippen LogP contribution in [-0.4, -0.2) is 42.8 Å². The van der Waals surface area contributed by atoms with E-state index in [4.69, 9.17) is 4.74 Å². The third-order valence-corrected chi connectivity index (χ3v) is 3.14. The van der Waals surface area contributed by atoms with Crippen LogP contribution in [0.5, 0.6) is 0 Å². The summed E-state index contributed by atoms with van der Waals surface area (Å²) < 4.78 is 10.3. The van der Waals surface area contributed by atoms with Crippen molar-refractivity contribution < 1.29 is 19.1 Å². The number of methoxy groups -OCH3 is 1. The van der Waals surface area contributed by atoms with Gasteiger partial charge in [-0.2, -0.15) is 0 Å². The lowest BCUT2D eigenvalue weighted by Gasteiger charge is -2.41. The molecule has 0 radical (unpaired) electrons. The monoisotopic (exact) mass is 239 g/mol. The second kappa shape index (κ2) is 5.31. The minimum atomic E-state index is -0.379. The molecule has 0 aromatic carbocycles. The Kier molecular flexibility index (Phi) is 3.78. The van der Waals surface area contributed by atoms with Crippen molar-refractivity contribution in [3.8, 4) is 0 Å². The van der Waals surface area contributed by atoms with E-state index in [9.17, 15) is 9.59 Å². The van der Waals surface area contributed by atoms with Crippen LogP contribution in [0.4, 0.5) is 0 Å². The van der Waals surface area contributed by atoms with Gasteiger partial charge in [0.25, 0.3) is 0 Å². The molecule has 5 heteroatoms. The van der Waals surface area contributed by atoms with Crippen molar-refractivity contribution >= 4 is 11.9 Å². The van der Waals surface area contributed by atoms with Crippen LogP contribution in [0.3, 0.4) is 0 Å². The highest BCUT2D eigenvalue weighted by atomic mass is 16.5. The fourth-order valence-corrected chi connectivity index (χ4v) is 2.23. The molecule has 0 unspecified atom stereocenters. The van der Waals surface area contributed by atoms with Crippen molar-refractivity contribution in [1.82, 2.24) is 4.90 Å². The normalized spacial score (nSPS) is 29.2. The number of amides is 1. The van der Waals surface area contributed by atoms with E-state index in [0.29, 0.717) is 13.0 Å². The predicted molar refractivity (Wildman–Crippen MR) is 60.0 cm³/mol. The van der Waals surface area contributed by atoms with Crippen molar-refractivity contribution in [2.75, 3.05) is 13.7 Å². The Morgan fingerprint density at radius 3 is 3.12 bits per heavy atom. The number of esters is 1. The van der Waals surface area contributed by atoms with Crippen LogP contribution in [0.15, 0.2) is 12.2 Å². The Morgan fingerprint density at radius 2 is 2.35 bits per heavy atom. The first-order chi connectivity index (χ1) is 8.20. The molecule has 2 fully saturated rings. The number of rotatable bonds is 2. The average molecular weight is 239 g/mol. The quantitative estimate of drug-likeness (QED) is 0.529. The first-order valence-electron chi connectivity index (χ1n) is 5.92. The fraction of sp³-hybridized carbons (Fsp3) is 0.667. The SMILES string of the molecule is COC(=O)/C=C/[C@H]1CCN2C(=O)CCC[C@@H]2O1. The zero-order valence-electron chi connectivity index (χ0n) is 9.93. The second-order valence-electron chi connectivity index (χ2n) is 4.28. The highest BCUT2D eigenvalue weighted by Gasteiger charge is 2.33. The highest BCUT2D eigenvalue weighted by molar-refractivity contribution is 5.81. The molecule has 0 aromatic rings. The predicted octanol–water partition coefficient (Wildman–Crippen LogP) is 0.843. The molecule has 0 spiro atoms. The molecule has 2 aliphatic heterocycles. The molecule has 0 N–H and O–H groups in total. The molecule has 17 heavy (non-hydrogen) atoms. The van der Waals surface area contributed by atoms with E-state index in [1.807, 2.05) is 0 Å². The molecule has 2 saturated heterocycles. The van der Waals surface area contributed by atoms with Crippen LogP contribution in [0.2, 0.25) is 0 Å². The highest BCUT2D eigenvalue weighted by Crippen LogP contribution is 2.26. The zero-order chi connectivity index (χ0) is 12.3. The van der Waals surface area contributed by atoms with Crippen molar-refractivity contribution in [2.45, 2.75) is 38.0 Å². The number of carbonyl (C=O) groups excluding carboxylic acids is 2. The van der Waals surface area contributed by atoms with E-state index in [2.05, 4.69) is 4.74 Å². The first-order valence-corrected chi connectivity index (χ1v) is 5.92. The molecule has 1 amide bonds. The van der Waals surface area contributed by atoms with Gasteiger partial charge in [0, 0.05) is 19.0 Å². The molecule has 2 heterocycles. The summed E-state index contributed by atoms with van der Waals surface area (Å²) in [5.74, 6) is -0.201. The molecule has 94 valence electrons. The summed E-state index contributed by atoms with van der Waals surface area (Å²) in [5, 5.41) is 0. The number of carbonyl (C=O) groups is 2. The summed E-state index contributed by atoms with van der Waals surface area (Å²) in [6, 6.07) is 0. The molecular formula is C12H17NO4. The lowest BCUT2D eigenvalue weighted by molar-refractivity contribution is -0.170. The molecule has 5 nitrogen and oxygen atoms in total. The maximum atomic E-state index is 11.6. The molecule has 2 atom stereocenters.